The van der Waals surface area contributed by atoms with Gasteiger partial charge in [0.25, 0.3) is 0 Å². The number of nitrogens with zero attached hydrogens (tertiary/aromatic N) is 2. The van der Waals surface area contributed by atoms with Crippen LogP contribution in [0.4, 0.5) is 5.82 Å². The summed E-state index contributed by atoms with van der Waals surface area (Å²) in [6, 6.07) is 10.0. The zero-order valence-electron chi connectivity index (χ0n) is 13.7. The van der Waals surface area contributed by atoms with Crippen LogP contribution in [0.25, 0.3) is 0 Å². The van der Waals surface area contributed by atoms with Gasteiger partial charge in [-0.25, -0.2) is 4.68 Å². The molecular weight excluding hydrogens is 290 g/mol. The monoisotopic (exact) mass is 313 g/mol. The van der Waals surface area contributed by atoms with Gasteiger partial charge < -0.3 is 10.1 Å². The van der Waals surface area contributed by atoms with Crippen LogP contribution in [0.2, 0.25) is 0 Å². The van der Waals surface area contributed by atoms with Gasteiger partial charge >= 0.3 is 0 Å². The SMILES string of the molecule is COc1cccc(CCC(=O)Nc2ccnn2C(C)C2CC2)c1. The minimum atomic E-state index is 0.0116. The Balaban J connectivity index is 1.56. The van der Waals surface area contributed by atoms with Crippen molar-refractivity contribution in [3.63, 3.8) is 0 Å². The Morgan fingerprint density at radius 1 is 1.43 bits per heavy atom. The summed E-state index contributed by atoms with van der Waals surface area (Å²) in [5, 5.41) is 7.34. The quantitative estimate of drug-likeness (QED) is 0.852. The highest BCUT2D eigenvalue weighted by atomic mass is 16.5. The maximum atomic E-state index is 12.2. The fraction of sp³-hybridized carbons (Fsp3) is 0.444. The average Bonchev–Trinajstić information content (AvgIpc) is 3.32. The molecule has 1 aliphatic rings. The molecular formula is C18H23N3O2. The molecule has 122 valence electrons. The molecule has 2 aromatic rings. The van der Waals surface area contributed by atoms with Gasteiger partial charge in [0, 0.05) is 12.5 Å². The first-order valence-corrected chi connectivity index (χ1v) is 8.13. The number of carbonyl (C=O) groups excluding carboxylic acids is 1. The standard InChI is InChI=1S/C18H23N3O2/c1-13(15-7-8-15)21-17(10-11-19-21)20-18(22)9-6-14-4-3-5-16(12-14)23-2/h3-5,10-13,15H,6-9H2,1-2H3,(H,20,22). The van der Waals surface area contributed by atoms with E-state index in [2.05, 4.69) is 17.3 Å². The van der Waals surface area contributed by atoms with E-state index >= 15 is 0 Å². The molecule has 0 bridgehead atoms. The lowest BCUT2D eigenvalue weighted by Crippen LogP contribution is -2.18. The average molecular weight is 313 g/mol. The highest BCUT2D eigenvalue weighted by Crippen LogP contribution is 2.40. The number of ether oxygens (including phenoxy) is 1. The molecule has 1 aliphatic carbocycles. The topological polar surface area (TPSA) is 56.1 Å². The van der Waals surface area contributed by atoms with Crippen LogP contribution in [0.5, 0.6) is 5.75 Å². The summed E-state index contributed by atoms with van der Waals surface area (Å²) in [5.74, 6) is 2.32. The van der Waals surface area contributed by atoms with Crippen molar-refractivity contribution < 1.29 is 9.53 Å². The largest absolute Gasteiger partial charge is 0.497 e. The van der Waals surface area contributed by atoms with E-state index in [-0.39, 0.29) is 5.91 Å². The molecule has 1 amide bonds. The van der Waals surface area contributed by atoms with Gasteiger partial charge in [-0.15, -0.1) is 0 Å². The molecule has 0 spiro atoms. The predicted octanol–water partition coefficient (Wildman–Crippen LogP) is 3.43. The van der Waals surface area contributed by atoms with Crippen molar-refractivity contribution >= 4 is 11.7 Å². The molecule has 1 unspecified atom stereocenters. The van der Waals surface area contributed by atoms with Crippen molar-refractivity contribution in [1.29, 1.82) is 0 Å². The summed E-state index contributed by atoms with van der Waals surface area (Å²) < 4.78 is 7.14. The van der Waals surface area contributed by atoms with E-state index in [1.807, 2.05) is 35.0 Å². The Bertz CT molecular complexity index is 676. The number of aryl methyl sites for hydroxylation is 1. The molecule has 1 aromatic heterocycles. The summed E-state index contributed by atoms with van der Waals surface area (Å²) in [6.07, 6.45) is 5.39. The van der Waals surface area contributed by atoms with Gasteiger partial charge in [-0.1, -0.05) is 12.1 Å². The molecule has 1 fully saturated rings. The fourth-order valence-electron chi connectivity index (χ4n) is 2.81. The molecule has 1 aromatic carbocycles. The van der Waals surface area contributed by atoms with Crippen LogP contribution in [-0.2, 0) is 11.2 Å². The molecule has 1 N–H and O–H groups in total. The molecule has 5 heteroatoms. The van der Waals surface area contributed by atoms with E-state index < -0.39 is 0 Å². The van der Waals surface area contributed by atoms with Crippen molar-refractivity contribution in [3.8, 4) is 5.75 Å². The number of rotatable bonds is 7. The highest BCUT2D eigenvalue weighted by molar-refractivity contribution is 5.90. The number of nitrogens with one attached hydrogen (secondary N) is 1. The minimum Gasteiger partial charge on any atom is -0.497 e. The van der Waals surface area contributed by atoms with Crippen LogP contribution in [0, 0.1) is 5.92 Å². The van der Waals surface area contributed by atoms with Gasteiger partial charge in [-0.3, -0.25) is 4.79 Å². The molecule has 0 aliphatic heterocycles. The second kappa shape index (κ2) is 6.86. The third kappa shape index (κ3) is 3.92. The number of amides is 1. The number of hydrogen-bond donors (Lipinski definition) is 1. The normalized spacial score (nSPS) is 15.2. The van der Waals surface area contributed by atoms with E-state index in [9.17, 15) is 4.79 Å². The van der Waals surface area contributed by atoms with Crippen molar-refractivity contribution in [2.24, 2.45) is 5.92 Å². The Labute approximate surface area is 136 Å². The first kappa shape index (κ1) is 15.6. The summed E-state index contributed by atoms with van der Waals surface area (Å²) in [4.78, 5) is 12.2. The van der Waals surface area contributed by atoms with Crippen molar-refractivity contribution in [3.05, 3.63) is 42.1 Å². The van der Waals surface area contributed by atoms with Crippen molar-refractivity contribution in [2.45, 2.75) is 38.6 Å². The number of aromatic nitrogens is 2. The van der Waals surface area contributed by atoms with E-state index in [1.54, 1.807) is 13.3 Å². The molecule has 1 heterocycles. The first-order chi connectivity index (χ1) is 11.2. The van der Waals surface area contributed by atoms with Crippen molar-refractivity contribution in [2.75, 3.05) is 12.4 Å². The van der Waals surface area contributed by atoms with Crippen LogP contribution < -0.4 is 10.1 Å². The van der Waals surface area contributed by atoms with Gasteiger partial charge in [0.1, 0.15) is 11.6 Å². The summed E-state index contributed by atoms with van der Waals surface area (Å²) in [7, 11) is 1.65. The van der Waals surface area contributed by atoms with Gasteiger partial charge in [-0.05, 0) is 49.8 Å². The number of anilines is 1. The summed E-state index contributed by atoms with van der Waals surface area (Å²) >= 11 is 0. The molecule has 23 heavy (non-hydrogen) atoms. The molecule has 1 saturated carbocycles. The van der Waals surface area contributed by atoms with E-state index in [0.717, 1.165) is 17.1 Å². The Kier molecular flexibility index (Phi) is 4.65. The van der Waals surface area contributed by atoms with E-state index in [1.165, 1.54) is 12.8 Å². The van der Waals surface area contributed by atoms with Crippen LogP contribution in [0.15, 0.2) is 36.5 Å². The lowest BCUT2D eigenvalue weighted by Gasteiger charge is -2.15. The molecule has 5 nitrogen and oxygen atoms in total. The lowest BCUT2D eigenvalue weighted by atomic mass is 10.1. The second-order valence-corrected chi connectivity index (χ2v) is 6.14. The number of carbonyl (C=O) groups is 1. The molecule has 0 saturated heterocycles. The Morgan fingerprint density at radius 3 is 3.00 bits per heavy atom. The van der Waals surface area contributed by atoms with Gasteiger partial charge in [-0.2, -0.15) is 5.10 Å². The smallest absolute Gasteiger partial charge is 0.225 e. The van der Waals surface area contributed by atoms with Gasteiger partial charge in [0.15, 0.2) is 0 Å². The number of benzene rings is 1. The zero-order chi connectivity index (χ0) is 16.2. The minimum absolute atomic E-state index is 0.0116. The number of methoxy groups -OCH3 is 1. The summed E-state index contributed by atoms with van der Waals surface area (Å²) in [6.45, 7) is 2.16. The first-order valence-electron chi connectivity index (χ1n) is 8.13. The Morgan fingerprint density at radius 2 is 2.26 bits per heavy atom. The van der Waals surface area contributed by atoms with Crippen LogP contribution in [-0.4, -0.2) is 22.8 Å². The molecule has 0 radical (unpaired) electrons. The maximum absolute atomic E-state index is 12.2. The summed E-state index contributed by atoms with van der Waals surface area (Å²) in [5.41, 5.74) is 1.10. The van der Waals surface area contributed by atoms with Crippen LogP contribution in [0.3, 0.4) is 0 Å². The van der Waals surface area contributed by atoms with Crippen molar-refractivity contribution in [1.82, 2.24) is 9.78 Å². The second-order valence-electron chi connectivity index (χ2n) is 6.14. The van der Waals surface area contributed by atoms with Gasteiger partial charge in [0.05, 0.1) is 19.3 Å². The van der Waals surface area contributed by atoms with Gasteiger partial charge in [0.2, 0.25) is 5.91 Å². The third-order valence-electron chi connectivity index (χ3n) is 4.40. The highest BCUT2D eigenvalue weighted by Gasteiger charge is 2.30. The number of hydrogen-bond acceptors (Lipinski definition) is 3. The maximum Gasteiger partial charge on any atom is 0.225 e. The third-order valence-corrected chi connectivity index (χ3v) is 4.40. The fourth-order valence-corrected chi connectivity index (χ4v) is 2.81. The van der Waals surface area contributed by atoms with Crippen LogP contribution >= 0.6 is 0 Å². The Hall–Kier alpha value is -2.30. The predicted molar refractivity (Wildman–Crippen MR) is 89.6 cm³/mol. The van der Waals surface area contributed by atoms with Crippen LogP contribution in [0.1, 0.15) is 37.8 Å². The lowest BCUT2D eigenvalue weighted by molar-refractivity contribution is -0.116. The van der Waals surface area contributed by atoms with E-state index in [4.69, 9.17) is 4.74 Å². The molecule has 1 atom stereocenters. The zero-order valence-corrected chi connectivity index (χ0v) is 13.7. The molecule has 3 rings (SSSR count). The van der Waals surface area contributed by atoms with E-state index in [0.29, 0.717) is 24.8 Å².